The number of benzene rings is 3. The van der Waals surface area contributed by atoms with Crippen LogP contribution in [0.4, 0.5) is 0 Å². The first-order valence-corrected chi connectivity index (χ1v) is 10.8. The number of aromatic nitrogens is 3. The van der Waals surface area contributed by atoms with Crippen LogP contribution in [0.3, 0.4) is 0 Å². The number of rotatable bonds is 4. The smallest absolute Gasteiger partial charge is 0.161 e. The highest BCUT2D eigenvalue weighted by Crippen LogP contribution is 2.30. The Bertz CT molecular complexity index is 1320. The van der Waals surface area contributed by atoms with Gasteiger partial charge in [-0.25, -0.2) is 9.97 Å². The molecule has 0 fully saturated rings. The van der Waals surface area contributed by atoms with E-state index in [0.29, 0.717) is 5.82 Å². The van der Waals surface area contributed by atoms with Crippen LogP contribution in [-0.2, 0) is 0 Å². The summed E-state index contributed by atoms with van der Waals surface area (Å²) in [5.41, 5.74) is 7.07. The molecule has 3 nitrogen and oxygen atoms in total. The van der Waals surface area contributed by atoms with Gasteiger partial charge in [0.25, 0.3) is 0 Å². The molecule has 0 N–H and O–H groups in total. The molecule has 0 amide bonds. The molecule has 2 aromatic heterocycles. The van der Waals surface area contributed by atoms with Gasteiger partial charge in [-0.1, -0.05) is 76.6 Å². The third kappa shape index (κ3) is 4.30. The van der Waals surface area contributed by atoms with Crippen molar-refractivity contribution in [2.24, 2.45) is 0 Å². The molecule has 0 saturated carbocycles. The average molecular weight is 464 g/mol. The summed E-state index contributed by atoms with van der Waals surface area (Å²) < 4.78 is 1.04. The first-order valence-electron chi connectivity index (χ1n) is 9.97. The summed E-state index contributed by atoms with van der Waals surface area (Å²) in [4.78, 5) is 14.0. The highest BCUT2D eigenvalue weighted by molar-refractivity contribution is 9.10. The van der Waals surface area contributed by atoms with Crippen LogP contribution >= 0.6 is 15.9 Å². The molecule has 0 aliphatic carbocycles. The number of halogens is 1. The minimum atomic E-state index is 0.661. The van der Waals surface area contributed by atoms with Crippen molar-refractivity contribution in [2.45, 2.75) is 0 Å². The van der Waals surface area contributed by atoms with Gasteiger partial charge in [-0.2, -0.15) is 0 Å². The van der Waals surface area contributed by atoms with Crippen molar-refractivity contribution in [2.75, 3.05) is 0 Å². The predicted molar refractivity (Wildman–Crippen MR) is 129 cm³/mol. The lowest BCUT2D eigenvalue weighted by atomic mass is 10.0. The SMILES string of the molecule is Brc1ccc(-c2cc(-c3cccc(-c4ccccc4)c3)nc(-c3cccnc3)n2)cc1. The number of hydrogen-bond donors (Lipinski definition) is 0. The third-order valence-electron chi connectivity index (χ3n) is 5.05. The van der Waals surface area contributed by atoms with Gasteiger partial charge in [0.1, 0.15) is 0 Å². The molecule has 2 heterocycles. The lowest BCUT2D eigenvalue weighted by Crippen LogP contribution is -1.96. The van der Waals surface area contributed by atoms with Crippen LogP contribution in [0.25, 0.3) is 45.0 Å². The maximum atomic E-state index is 4.89. The van der Waals surface area contributed by atoms with E-state index in [9.17, 15) is 0 Å². The molecular weight excluding hydrogens is 446 g/mol. The van der Waals surface area contributed by atoms with Gasteiger partial charge in [-0.15, -0.1) is 0 Å². The van der Waals surface area contributed by atoms with E-state index in [0.717, 1.165) is 38.1 Å². The van der Waals surface area contributed by atoms with Crippen LogP contribution < -0.4 is 0 Å². The zero-order chi connectivity index (χ0) is 21.0. The second-order valence-electron chi connectivity index (χ2n) is 7.16. The summed E-state index contributed by atoms with van der Waals surface area (Å²) in [6.07, 6.45) is 3.55. The van der Waals surface area contributed by atoms with Crippen LogP contribution in [0.15, 0.2) is 114 Å². The second kappa shape index (κ2) is 8.62. The summed E-state index contributed by atoms with van der Waals surface area (Å²) in [7, 11) is 0. The fraction of sp³-hybridized carbons (Fsp3) is 0. The molecule has 5 rings (SSSR count). The van der Waals surface area contributed by atoms with Crippen molar-refractivity contribution in [3.8, 4) is 45.0 Å². The predicted octanol–water partition coefficient (Wildman–Crippen LogP) is 7.30. The van der Waals surface area contributed by atoms with Crippen LogP contribution in [0.5, 0.6) is 0 Å². The number of nitrogens with zero attached hydrogens (tertiary/aromatic N) is 3. The molecule has 148 valence electrons. The Morgan fingerprint density at radius 1 is 0.516 bits per heavy atom. The molecule has 0 aliphatic heterocycles. The molecular formula is C27H18BrN3. The molecule has 0 atom stereocenters. The van der Waals surface area contributed by atoms with Crippen molar-refractivity contribution in [3.63, 3.8) is 0 Å². The van der Waals surface area contributed by atoms with Gasteiger partial charge >= 0.3 is 0 Å². The molecule has 5 aromatic rings. The maximum absolute atomic E-state index is 4.89. The molecule has 0 unspecified atom stereocenters. The summed E-state index contributed by atoms with van der Waals surface area (Å²) in [6, 6.07) is 32.9. The van der Waals surface area contributed by atoms with Crippen LogP contribution in [0.2, 0.25) is 0 Å². The molecule has 31 heavy (non-hydrogen) atoms. The average Bonchev–Trinajstić information content (AvgIpc) is 2.85. The third-order valence-corrected chi connectivity index (χ3v) is 5.58. The summed E-state index contributed by atoms with van der Waals surface area (Å²) >= 11 is 3.51. The van der Waals surface area contributed by atoms with Crippen molar-refractivity contribution in [1.82, 2.24) is 15.0 Å². The van der Waals surface area contributed by atoms with E-state index in [1.54, 1.807) is 12.4 Å². The first-order chi connectivity index (χ1) is 15.3. The van der Waals surface area contributed by atoms with Gasteiger partial charge in [-0.3, -0.25) is 4.98 Å². The maximum Gasteiger partial charge on any atom is 0.161 e. The Kier molecular flexibility index (Phi) is 5.38. The second-order valence-corrected chi connectivity index (χ2v) is 8.07. The van der Waals surface area contributed by atoms with E-state index in [4.69, 9.17) is 9.97 Å². The van der Waals surface area contributed by atoms with Gasteiger partial charge < -0.3 is 0 Å². The van der Waals surface area contributed by atoms with Crippen LogP contribution in [0.1, 0.15) is 0 Å². The monoisotopic (exact) mass is 463 g/mol. The van der Waals surface area contributed by atoms with E-state index >= 15 is 0 Å². The molecule has 3 aromatic carbocycles. The van der Waals surface area contributed by atoms with Gasteiger partial charge in [-0.05, 0) is 47.5 Å². The quantitative estimate of drug-likeness (QED) is 0.280. The Labute approximate surface area is 189 Å². The minimum absolute atomic E-state index is 0.661. The Morgan fingerprint density at radius 3 is 1.94 bits per heavy atom. The fourth-order valence-corrected chi connectivity index (χ4v) is 3.74. The first kappa shape index (κ1) is 19.3. The number of hydrogen-bond acceptors (Lipinski definition) is 3. The van der Waals surface area contributed by atoms with Crippen molar-refractivity contribution >= 4 is 15.9 Å². The topological polar surface area (TPSA) is 38.7 Å². The van der Waals surface area contributed by atoms with E-state index in [-0.39, 0.29) is 0 Å². The molecule has 0 radical (unpaired) electrons. The zero-order valence-electron chi connectivity index (χ0n) is 16.6. The van der Waals surface area contributed by atoms with Crippen molar-refractivity contribution in [3.05, 3.63) is 114 Å². The lowest BCUT2D eigenvalue weighted by Gasteiger charge is -2.10. The highest BCUT2D eigenvalue weighted by Gasteiger charge is 2.11. The molecule has 0 saturated heterocycles. The summed E-state index contributed by atoms with van der Waals surface area (Å²) in [5, 5.41) is 0. The Hall–Kier alpha value is -3.63. The Morgan fingerprint density at radius 2 is 1.19 bits per heavy atom. The van der Waals surface area contributed by atoms with Gasteiger partial charge in [0.2, 0.25) is 0 Å². The fourth-order valence-electron chi connectivity index (χ4n) is 3.48. The summed E-state index contributed by atoms with van der Waals surface area (Å²) in [6.45, 7) is 0. The summed E-state index contributed by atoms with van der Waals surface area (Å²) in [5.74, 6) is 0.661. The lowest BCUT2D eigenvalue weighted by molar-refractivity contribution is 1.17. The minimum Gasteiger partial charge on any atom is -0.264 e. The van der Waals surface area contributed by atoms with Gasteiger partial charge in [0, 0.05) is 33.6 Å². The van der Waals surface area contributed by atoms with Crippen molar-refractivity contribution in [1.29, 1.82) is 0 Å². The Balaban J connectivity index is 1.66. The molecule has 4 heteroatoms. The normalized spacial score (nSPS) is 10.7. The molecule has 0 bridgehead atoms. The van der Waals surface area contributed by atoms with E-state index < -0.39 is 0 Å². The van der Waals surface area contributed by atoms with E-state index in [1.165, 1.54) is 5.56 Å². The largest absolute Gasteiger partial charge is 0.264 e. The van der Waals surface area contributed by atoms with Gasteiger partial charge in [0.05, 0.1) is 11.4 Å². The van der Waals surface area contributed by atoms with Crippen LogP contribution in [-0.4, -0.2) is 15.0 Å². The van der Waals surface area contributed by atoms with Gasteiger partial charge in [0.15, 0.2) is 5.82 Å². The zero-order valence-corrected chi connectivity index (χ0v) is 18.2. The van der Waals surface area contributed by atoms with E-state index in [1.807, 2.05) is 36.4 Å². The van der Waals surface area contributed by atoms with E-state index in [2.05, 4.69) is 81.6 Å². The van der Waals surface area contributed by atoms with Crippen molar-refractivity contribution < 1.29 is 0 Å². The highest BCUT2D eigenvalue weighted by atomic mass is 79.9. The van der Waals surface area contributed by atoms with Crippen LogP contribution in [0, 0.1) is 0 Å². The number of pyridine rings is 1. The molecule has 0 spiro atoms. The molecule has 0 aliphatic rings. The standard InChI is InChI=1S/C27H18BrN3/c28-24-13-11-20(12-14-24)25-17-26(31-27(30-25)23-10-5-15-29-18-23)22-9-4-8-21(16-22)19-6-2-1-3-7-19/h1-18H.